The van der Waals surface area contributed by atoms with Crippen LogP contribution in [-0.4, -0.2) is 13.7 Å². The Morgan fingerprint density at radius 3 is 1.72 bits per heavy atom. The summed E-state index contributed by atoms with van der Waals surface area (Å²) in [4.78, 5) is 12.1. The van der Waals surface area contributed by atoms with Gasteiger partial charge in [-0.1, -0.05) is 60.7 Å². The van der Waals surface area contributed by atoms with Crippen LogP contribution in [0.25, 0.3) is 0 Å². The maximum Gasteiger partial charge on any atom is 0.575 e. The molecular weight excluding hydrogens is 227 g/mol. The second kappa shape index (κ2) is 4.31. The molecule has 0 bridgehead atoms. The Balaban J connectivity index is 2.20. The summed E-state index contributed by atoms with van der Waals surface area (Å²) in [5.41, 5.74) is 0.340. The summed E-state index contributed by atoms with van der Waals surface area (Å²) in [5.74, 6) is -0.417. The largest absolute Gasteiger partial charge is 0.575 e. The van der Waals surface area contributed by atoms with Gasteiger partial charge in [0.05, 0.1) is 0 Å². The zero-order valence-corrected chi connectivity index (χ0v) is 9.58. The normalized spacial score (nSPS) is 17.0. The minimum absolute atomic E-state index is 0.417. The van der Waals surface area contributed by atoms with Crippen molar-refractivity contribution in [3.8, 4) is 0 Å². The third kappa shape index (κ3) is 1.54. The van der Waals surface area contributed by atoms with E-state index in [-0.39, 0.29) is 0 Å². The number of carbonyl (C=O) groups excluding carboxylic acids is 1. The average molecular weight is 237 g/mol. The average Bonchev–Trinajstić information content (AvgIpc) is 2.84. The van der Waals surface area contributed by atoms with Gasteiger partial charge in [-0.05, 0) is 11.1 Å². The number of rotatable bonds is 2. The third-order valence-electron chi connectivity index (χ3n) is 3.03. The number of carbonyl (C=O) groups is 1. The summed E-state index contributed by atoms with van der Waals surface area (Å²) in [6, 6.07) is 18.7. The third-order valence-corrected chi connectivity index (χ3v) is 3.03. The van der Waals surface area contributed by atoms with Crippen molar-refractivity contribution in [1.29, 1.82) is 0 Å². The van der Waals surface area contributed by atoms with Crippen molar-refractivity contribution in [2.75, 3.05) is 0 Å². The van der Waals surface area contributed by atoms with Gasteiger partial charge >= 0.3 is 13.7 Å². The summed E-state index contributed by atoms with van der Waals surface area (Å²) in [7, 11) is 1.10. The molecule has 1 radical (unpaired) electrons. The molecule has 1 aliphatic rings. The highest BCUT2D eigenvalue weighted by Gasteiger charge is 2.49. The number of benzene rings is 2. The quantitative estimate of drug-likeness (QED) is 0.749. The van der Waals surface area contributed by atoms with Gasteiger partial charge in [0.25, 0.3) is 0 Å². The predicted molar refractivity (Wildman–Crippen MR) is 66.6 cm³/mol. The number of hydrogen-bond acceptors (Lipinski definition) is 3. The molecule has 1 aliphatic heterocycles. The van der Waals surface area contributed by atoms with Crippen LogP contribution in [0.3, 0.4) is 0 Å². The van der Waals surface area contributed by atoms with Crippen LogP contribution in [0.1, 0.15) is 11.1 Å². The highest BCUT2D eigenvalue weighted by atomic mass is 16.7. The fraction of sp³-hybridized carbons (Fsp3) is 0.0714. The Bertz CT molecular complexity index is 514. The fourth-order valence-corrected chi connectivity index (χ4v) is 2.16. The van der Waals surface area contributed by atoms with Crippen LogP contribution in [0.4, 0.5) is 0 Å². The Kier molecular flexibility index (Phi) is 2.65. The molecule has 3 nitrogen and oxygen atoms in total. The SMILES string of the molecule is O=C1O[B]OC1(c1ccccc1)c1ccccc1. The lowest BCUT2D eigenvalue weighted by Crippen LogP contribution is -2.34. The van der Waals surface area contributed by atoms with Crippen LogP contribution in [-0.2, 0) is 19.7 Å². The van der Waals surface area contributed by atoms with E-state index in [0.717, 1.165) is 18.8 Å². The van der Waals surface area contributed by atoms with Gasteiger partial charge in [0, 0.05) is 0 Å². The first-order valence-corrected chi connectivity index (χ1v) is 5.66. The van der Waals surface area contributed by atoms with Crippen LogP contribution < -0.4 is 0 Å². The molecule has 0 spiro atoms. The maximum absolute atomic E-state index is 12.1. The summed E-state index contributed by atoms with van der Waals surface area (Å²) in [6.07, 6.45) is 0. The summed E-state index contributed by atoms with van der Waals surface area (Å²) in [5, 5.41) is 0. The molecule has 0 amide bonds. The van der Waals surface area contributed by atoms with Gasteiger partial charge in [-0.25, -0.2) is 4.79 Å². The number of hydrogen-bond donors (Lipinski definition) is 0. The van der Waals surface area contributed by atoms with Crippen LogP contribution in [0.2, 0.25) is 0 Å². The molecule has 0 aromatic heterocycles. The fourth-order valence-electron chi connectivity index (χ4n) is 2.16. The second-order valence-electron chi connectivity index (χ2n) is 4.03. The van der Waals surface area contributed by atoms with E-state index in [1.165, 1.54) is 0 Å². The van der Waals surface area contributed by atoms with Crippen LogP contribution >= 0.6 is 0 Å². The molecule has 0 saturated carbocycles. The minimum Gasteiger partial charge on any atom is -0.508 e. The molecule has 1 heterocycles. The van der Waals surface area contributed by atoms with Crippen molar-refractivity contribution in [3.05, 3.63) is 71.8 Å². The van der Waals surface area contributed by atoms with Crippen molar-refractivity contribution in [2.45, 2.75) is 5.60 Å². The van der Waals surface area contributed by atoms with Crippen LogP contribution in [0.15, 0.2) is 60.7 Å². The van der Waals surface area contributed by atoms with E-state index in [4.69, 9.17) is 9.31 Å². The van der Waals surface area contributed by atoms with Crippen molar-refractivity contribution < 1.29 is 14.1 Å². The monoisotopic (exact) mass is 237 g/mol. The van der Waals surface area contributed by atoms with Gasteiger partial charge in [0.2, 0.25) is 5.60 Å². The lowest BCUT2D eigenvalue weighted by molar-refractivity contribution is -0.141. The first-order chi connectivity index (χ1) is 8.84. The first kappa shape index (κ1) is 11.0. The van der Waals surface area contributed by atoms with E-state index < -0.39 is 11.6 Å². The van der Waals surface area contributed by atoms with Gasteiger partial charge in [-0.2, -0.15) is 0 Å². The molecule has 1 saturated heterocycles. The van der Waals surface area contributed by atoms with E-state index in [0.29, 0.717) is 0 Å². The highest BCUT2D eigenvalue weighted by Crippen LogP contribution is 2.37. The van der Waals surface area contributed by atoms with E-state index in [9.17, 15) is 4.79 Å². The lowest BCUT2D eigenvalue weighted by atomic mass is 9.86. The topological polar surface area (TPSA) is 35.5 Å². The molecule has 3 rings (SSSR count). The second-order valence-corrected chi connectivity index (χ2v) is 4.03. The molecule has 0 unspecified atom stereocenters. The zero-order valence-electron chi connectivity index (χ0n) is 9.58. The highest BCUT2D eigenvalue weighted by molar-refractivity contribution is 6.27. The van der Waals surface area contributed by atoms with Crippen LogP contribution in [0, 0.1) is 0 Å². The standard InChI is InChI=1S/C14H10BO3/c16-13-14(18-15-17-13,11-7-3-1-4-8-11)12-9-5-2-6-10-12/h1-10H. The lowest BCUT2D eigenvalue weighted by Gasteiger charge is -2.25. The Morgan fingerprint density at radius 1 is 0.833 bits per heavy atom. The van der Waals surface area contributed by atoms with E-state index in [1.54, 1.807) is 0 Å². The van der Waals surface area contributed by atoms with Crippen molar-refractivity contribution >= 4 is 13.7 Å². The zero-order chi connectivity index (χ0) is 12.4. The van der Waals surface area contributed by atoms with E-state index >= 15 is 0 Å². The molecule has 2 aromatic carbocycles. The smallest absolute Gasteiger partial charge is 0.508 e. The minimum atomic E-state index is -1.18. The summed E-state index contributed by atoms with van der Waals surface area (Å²) < 4.78 is 10.4. The van der Waals surface area contributed by atoms with Crippen molar-refractivity contribution in [2.24, 2.45) is 0 Å². The first-order valence-electron chi connectivity index (χ1n) is 5.66. The Hall–Kier alpha value is -2.07. The molecule has 0 atom stereocenters. The maximum atomic E-state index is 12.1. The van der Waals surface area contributed by atoms with Crippen molar-refractivity contribution in [1.82, 2.24) is 0 Å². The molecular formula is C14H10BO3. The molecule has 0 N–H and O–H groups in total. The van der Waals surface area contributed by atoms with Gasteiger partial charge in [0.15, 0.2) is 0 Å². The summed E-state index contributed by atoms with van der Waals surface area (Å²) >= 11 is 0. The molecule has 1 fully saturated rings. The van der Waals surface area contributed by atoms with E-state index in [2.05, 4.69) is 0 Å². The van der Waals surface area contributed by atoms with Gasteiger partial charge in [0.1, 0.15) is 0 Å². The summed E-state index contributed by atoms with van der Waals surface area (Å²) in [6.45, 7) is 0. The Morgan fingerprint density at radius 2 is 1.33 bits per heavy atom. The molecule has 18 heavy (non-hydrogen) atoms. The molecule has 4 heteroatoms. The molecule has 2 aromatic rings. The molecule has 87 valence electrons. The van der Waals surface area contributed by atoms with Gasteiger partial charge in [-0.3, -0.25) is 0 Å². The van der Waals surface area contributed by atoms with Gasteiger partial charge in [-0.15, -0.1) is 0 Å². The van der Waals surface area contributed by atoms with Crippen LogP contribution in [0.5, 0.6) is 0 Å². The van der Waals surface area contributed by atoms with E-state index in [1.807, 2.05) is 60.7 Å². The molecule has 0 aliphatic carbocycles. The van der Waals surface area contributed by atoms with Gasteiger partial charge < -0.3 is 9.31 Å². The Labute approximate surface area is 106 Å². The van der Waals surface area contributed by atoms with Crippen molar-refractivity contribution in [3.63, 3.8) is 0 Å². The predicted octanol–water partition coefficient (Wildman–Crippen LogP) is 2.04.